The molecular weight excluding hydrogens is 368 g/mol. The van der Waals surface area contributed by atoms with Crippen molar-refractivity contribution in [3.63, 3.8) is 0 Å². The first kappa shape index (κ1) is 21.6. The Morgan fingerprint density at radius 2 is 1.76 bits per heavy atom. The molecule has 166 valence electrons. The second-order valence-electron chi connectivity index (χ2n) is 11.4. The Morgan fingerprint density at radius 3 is 2.45 bits per heavy atom. The van der Waals surface area contributed by atoms with Gasteiger partial charge in [0.05, 0.1) is 18.3 Å². The van der Waals surface area contributed by atoms with Crippen molar-refractivity contribution in [1.29, 1.82) is 0 Å². The molecule has 0 radical (unpaired) electrons. The van der Waals surface area contributed by atoms with Crippen LogP contribution < -0.4 is 0 Å². The Balaban J connectivity index is 1.61. The molecule has 4 fully saturated rings. The van der Waals surface area contributed by atoms with Crippen molar-refractivity contribution >= 4 is 5.97 Å². The molecule has 4 aliphatic carbocycles. The zero-order chi connectivity index (χ0) is 21.1. The molecule has 5 nitrogen and oxygen atoms in total. The summed E-state index contributed by atoms with van der Waals surface area (Å²) in [5.41, 5.74) is -0.143. The fraction of sp³-hybridized carbons (Fsp3) is 0.958. The highest BCUT2D eigenvalue weighted by molar-refractivity contribution is 5.66. The van der Waals surface area contributed by atoms with Crippen LogP contribution in [0.3, 0.4) is 0 Å². The number of carboxylic acid groups (broad SMARTS) is 1. The van der Waals surface area contributed by atoms with Gasteiger partial charge in [-0.2, -0.15) is 0 Å². The van der Waals surface area contributed by atoms with E-state index in [0.717, 1.165) is 44.9 Å². The molecule has 29 heavy (non-hydrogen) atoms. The lowest BCUT2D eigenvalue weighted by molar-refractivity contribution is -0.207. The predicted octanol–water partition coefficient (Wildman–Crippen LogP) is 3.45. The van der Waals surface area contributed by atoms with E-state index in [1.807, 2.05) is 0 Å². The minimum Gasteiger partial charge on any atom is -0.481 e. The highest BCUT2D eigenvalue weighted by Crippen LogP contribution is 2.68. The summed E-state index contributed by atoms with van der Waals surface area (Å²) in [6.07, 6.45) is 6.00. The molecule has 4 rings (SSSR count). The number of rotatable bonds is 4. The monoisotopic (exact) mass is 408 g/mol. The van der Waals surface area contributed by atoms with Crippen LogP contribution >= 0.6 is 0 Å². The Hall–Kier alpha value is -0.650. The molecule has 5 heteroatoms. The van der Waals surface area contributed by atoms with Gasteiger partial charge in [0.25, 0.3) is 0 Å². The summed E-state index contributed by atoms with van der Waals surface area (Å²) < 4.78 is 0. The maximum atomic E-state index is 11.5. The van der Waals surface area contributed by atoms with Crippen molar-refractivity contribution < 1.29 is 25.2 Å². The van der Waals surface area contributed by atoms with Crippen LogP contribution in [0.15, 0.2) is 0 Å². The Morgan fingerprint density at radius 1 is 1.03 bits per heavy atom. The lowest BCUT2D eigenvalue weighted by atomic mass is 9.43. The number of hydrogen-bond acceptors (Lipinski definition) is 4. The first-order chi connectivity index (χ1) is 13.6. The molecule has 4 aliphatic rings. The van der Waals surface area contributed by atoms with E-state index in [0.29, 0.717) is 30.1 Å². The quantitative estimate of drug-likeness (QED) is 0.571. The average molecular weight is 409 g/mol. The van der Waals surface area contributed by atoms with Crippen LogP contribution in [-0.2, 0) is 4.79 Å². The van der Waals surface area contributed by atoms with Gasteiger partial charge in [-0.1, -0.05) is 20.8 Å². The molecule has 0 aromatic rings. The normalized spacial score (nSPS) is 52.9. The van der Waals surface area contributed by atoms with Gasteiger partial charge in [0, 0.05) is 6.42 Å². The van der Waals surface area contributed by atoms with Crippen molar-refractivity contribution in [2.75, 3.05) is 0 Å². The number of hydrogen-bond donors (Lipinski definition) is 4. The number of carbonyl (C=O) groups is 1. The predicted molar refractivity (Wildman–Crippen MR) is 110 cm³/mol. The summed E-state index contributed by atoms with van der Waals surface area (Å²) in [7, 11) is 0. The van der Waals surface area contributed by atoms with E-state index in [9.17, 15) is 20.1 Å². The largest absolute Gasteiger partial charge is 0.481 e. The van der Waals surface area contributed by atoms with Gasteiger partial charge in [0.2, 0.25) is 0 Å². The van der Waals surface area contributed by atoms with Crippen molar-refractivity contribution in [2.45, 2.75) is 96.9 Å². The minimum atomic E-state index is -0.748. The molecule has 0 heterocycles. The zero-order valence-electron chi connectivity index (χ0n) is 18.3. The number of aliphatic hydroxyl groups is 3. The second-order valence-corrected chi connectivity index (χ2v) is 11.4. The molecule has 0 saturated heterocycles. The van der Waals surface area contributed by atoms with E-state index in [-0.39, 0.29) is 41.3 Å². The molecule has 0 bridgehead atoms. The van der Waals surface area contributed by atoms with E-state index < -0.39 is 12.1 Å². The smallest absolute Gasteiger partial charge is 0.303 e. The fourth-order valence-electron chi connectivity index (χ4n) is 8.68. The zero-order valence-corrected chi connectivity index (χ0v) is 18.3. The molecule has 11 atom stereocenters. The van der Waals surface area contributed by atoms with Crippen molar-refractivity contribution in [1.82, 2.24) is 0 Å². The van der Waals surface area contributed by atoms with E-state index >= 15 is 0 Å². The van der Waals surface area contributed by atoms with E-state index in [4.69, 9.17) is 5.11 Å². The third-order valence-electron chi connectivity index (χ3n) is 10.3. The molecule has 4 saturated carbocycles. The summed E-state index contributed by atoms with van der Waals surface area (Å²) in [4.78, 5) is 11.1. The number of aliphatic hydroxyl groups excluding tert-OH is 3. The molecule has 4 unspecified atom stereocenters. The van der Waals surface area contributed by atoms with Crippen molar-refractivity contribution in [2.24, 2.45) is 46.3 Å². The first-order valence-corrected chi connectivity index (χ1v) is 11.8. The first-order valence-electron chi connectivity index (χ1n) is 11.8. The second kappa shape index (κ2) is 7.49. The Bertz CT molecular complexity index is 637. The van der Waals surface area contributed by atoms with Crippen LogP contribution in [0.25, 0.3) is 0 Å². The topological polar surface area (TPSA) is 98.0 Å². The highest BCUT2D eigenvalue weighted by atomic mass is 16.4. The van der Waals surface area contributed by atoms with Gasteiger partial charge in [-0.15, -0.1) is 0 Å². The van der Waals surface area contributed by atoms with Gasteiger partial charge >= 0.3 is 5.97 Å². The summed E-state index contributed by atoms with van der Waals surface area (Å²) in [6, 6.07) is 0. The average Bonchev–Trinajstić information content (AvgIpc) is 3.01. The minimum absolute atomic E-state index is 0.0957. The number of fused-ring (bicyclic) bond motifs is 5. The van der Waals surface area contributed by atoms with Crippen LogP contribution in [0, 0.1) is 46.3 Å². The third-order valence-corrected chi connectivity index (χ3v) is 10.3. The van der Waals surface area contributed by atoms with Crippen LogP contribution in [0.1, 0.15) is 78.6 Å². The van der Waals surface area contributed by atoms with Crippen molar-refractivity contribution in [3.05, 3.63) is 0 Å². The SMILES string of the molecule is C[C@H](CCC(=O)O)[C@H]1CCC2C3C(O)C[C@@H]4C[C@H](O)CC[C@]4(C)C3C[C@H](O)[C@@]21C. The Kier molecular flexibility index (Phi) is 5.57. The van der Waals surface area contributed by atoms with Crippen LogP contribution in [0.5, 0.6) is 0 Å². The van der Waals surface area contributed by atoms with Gasteiger partial charge in [0.1, 0.15) is 0 Å². The number of carboxylic acids is 1. The van der Waals surface area contributed by atoms with Gasteiger partial charge < -0.3 is 20.4 Å². The van der Waals surface area contributed by atoms with E-state index in [2.05, 4.69) is 20.8 Å². The standard InChI is InChI=1S/C24H40O5/c1-13(4-7-21(28)29)16-5-6-17-22-18(12-20(27)24(16,17)3)23(2)9-8-15(25)10-14(23)11-19(22)26/h13-20,22,25-27H,4-12H2,1-3H3,(H,28,29)/t13-,14+,15-,16-,17?,18?,19?,20+,22?,23+,24-/m1/s1. The molecule has 0 amide bonds. The summed E-state index contributed by atoms with van der Waals surface area (Å²) >= 11 is 0. The molecule has 0 spiro atoms. The van der Waals surface area contributed by atoms with Gasteiger partial charge in [-0.05, 0) is 97.7 Å². The molecule has 0 aromatic heterocycles. The summed E-state index contributed by atoms with van der Waals surface area (Å²) in [5.74, 6) is 0.997. The molecular formula is C24H40O5. The maximum absolute atomic E-state index is 11.5. The van der Waals surface area contributed by atoms with E-state index in [1.165, 1.54) is 0 Å². The van der Waals surface area contributed by atoms with Gasteiger partial charge in [0.15, 0.2) is 0 Å². The fourth-order valence-corrected chi connectivity index (χ4v) is 8.68. The summed E-state index contributed by atoms with van der Waals surface area (Å²) in [5, 5.41) is 42.0. The Labute approximate surface area is 174 Å². The van der Waals surface area contributed by atoms with Crippen LogP contribution in [0.2, 0.25) is 0 Å². The summed E-state index contributed by atoms with van der Waals surface area (Å²) in [6.45, 7) is 6.72. The van der Waals surface area contributed by atoms with Gasteiger partial charge in [-0.3, -0.25) is 4.79 Å². The molecule has 4 N–H and O–H groups in total. The lowest BCUT2D eigenvalue weighted by Gasteiger charge is -2.63. The molecule has 0 aromatic carbocycles. The number of aliphatic carboxylic acids is 1. The third kappa shape index (κ3) is 3.27. The van der Waals surface area contributed by atoms with Crippen LogP contribution in [0.4, 0.5) is 0 Å². The lowest BCUT2D eigenvalue weighted by Crippen LogP contribution is -2.62. The van der Waals surface area contributed by atoms with Gasteiger partial charge in [-0.25, -0.2) is 0 Å². The maximum Gasteiger partial charge on any atom is 0.303 e. The van der Waals surface area contributed by atoms with Crippen LogP contribution in [-0.4, -0.2) is 44.7 Å². The molecule has 0 aliphatic heterocycles. The van der Waals surface area contributed by atoms with E-state index in [1.54, 1.807) is 0 Å². The van der Waals surface area contributed by atoms with Crippen molar-refractivity contribution in [3.8, 4) is 0 Å². The highest BCUT2D eigenvalue weighted by Gasteiger charge is 2.65.